The molecule has 1 aliphatic heterocycles. The normalized spacial score (nSPS) is 21.9. The summed E-state index contributed by atoms with van der Waals surface area (Å²) >= 11 is 0. The average molecular weight is 239 g/mol. The highest BCUT2D eigenvalue weighted by Gasteiger charge is 2.23. The van der Waals surface area contributed by atoms with Crippen molar-refractivity contribution in [3.63, 3.8) is 0 Å². The summed E-state index contributed by atoms with van der Waals surface area (Å²) in [7, 11) is 0. The van der Waals surface area contributed by atoms with E-state index in [1.165, 1.54) is 0 Å². The van der Waals surface area contributed by atoms with Crippen molar-refractivity contribution in [1.82, 2.24) is 20.4 Å². The second kappa shape index (κ2) is 6.09. The molecule has 0 aromatic carbocycles. The number of hydrazine groups is 1. The van der Waals surface area contributed by atoms with Gasteiger partial charge in [0.25, 0.3) is 0 Å². The van der Waals surface area contributed by atoms with E-state index in [1.807, 2.05) is 4.68 Å². The summed E-state index contributed by atoms with van der Waals surface area (Å²) in [5.41, 5.74) is 3.90. The van der Waals surface area contributed by atoms with Crippen LogP contribution in [0.1, 0.15) is 44.3 Å². The molecule has 17 heavy (non-hydrogen) atoms. The van der Waals surface area contributed by atoms with Gasteiger partial charge in [0.1, 0.15) is 0 Å². The monoisotopic (exact) mass is 239 g/mol. The number of nitrogens with one attached hydrogen (secondary N) is 1. The van der Waals surface area contributed by atoms with Crippen LogP contribution in [0, 0.1) is 0 Å². The van der Waals surface area contributed by atoms with Gasteiger partial charge in [0.15, 0.2) is 0 Å². The van der Waals surface area contributed by atoms with E-state index in [1.54, 1.807) is 6.20 Å². The predicted octanol–water partition coefficient (Wildman–Crippen LogP) is 0.762. The standard InChI is InChI=1S/C11H21N5O/c1-2-5-16-11(8-13-15-16)10(14-12)7-9-4-3-6-17-9/h8-10,14H,2-7,12H2,1H3. The Morgan fingerprint density at radius 3 is 3.24 bits per heavy atom. The molecular formula is C11H21N5O. The van der Waals surface area contributed by atoms with Gasteiger partial charge < -0.3 is 4.74 Å². The minimum Gasteiger partial charge on any atom is -0.378 e. The van der Waals surface area contributed by atoms with E-state index in [0.717, 1.165) is 44.5 Å². The van der Waals surface area contributed by atoms with Crippen molar-refractivity contribution in [1.29, 1.82) is 0 Å². The minimum absolute atomic E-state index is 0.0691. The molecule has 0 spiro atoms. The van der Waals surface area contributed by atoms with Crippen LogP contribution in [0.5, 0.6) is 0 Å². The number of aromatic nitrogens is 3. The van der Waals surface area contributed by atoms with Crippen LogP contribution in [0.3, 0.4) is 0 Å². The van der Waals surface area contributed by atoms with Gasteiger partial charge in [-0.3, -0.25) is 11.3 Å². The van der Waals surface area contributed by atoms with E-state index in [4.69, 9.17) is 10.6 Å². The summed E-state index contributed by atoms with van der Waals surface area (Å²) < 4.78 is 7.55. The largest absolute Gasteiger partial charge is 0.378 e. The van der Waals surface area contributed by atoms with Gasteiger partial charge in [0.05, 0.1) is 24.0 Å². The second-order valence-corrected chi connectivity index (χ2v) is 4.47. The highest BCUT2D eigenvalue weighted by atomic mass is 16.5. The lowest BCUT2D eigenvalue weighted by atomic mass is 10.0. The number of nitrogens with two attached hydrogens (primary N) is 1. The van der Waals surface area contributed by atoms with E-state index in [-0.39, 0.29) is 6.04 Å². The lowest BCUT2D eigenvalue weighted by molar-refractivity contribution is 0.0936. The van der Waals surface area contributed by atoms with Gasteiger partial charge in [-0.1, -0.05) is 12.1 Å². The van der Waals surface area contributed by atoms with Crippen LogP contribution in [0.4, 0.5) is 0 Å². The molecule has 1 fully saturated rings. The fourth-order valence-corrected chi connectivity index (χ4v) is 2.29. The zero-order valence-electron chi connectivity index (χ0n) is 10.3. The smallest absolute Gasteiger partial charge is 0.0771 e. The Morgan fingerprint density at radius 2 is 2.59 bits per heavy atom. The Kier molecular flexibility index (Phi) is 4.47. The molecule has 0 saturated carbocycles. The number of hydrogen-bond donors (Lipinski definition) is 2. The van der Waals surface area contributed by atoms with Crippen molar-refractivity contribution in [2.45, 2.75) is 51.3 Å². The first-order valence-corrected chi connectivity index (χ1v) is 6.31. The zero-order chi connectivity index (χ0) is 12.1. The maximum Gasteiger partial charge on any atom is 0.0771 e. The lowest BCUT2D eigenvalue weighted by Gasteiger charge is -2.19. The minimum atomic E-state index is 0.0691. The topological polar surface area (TPSA) is 78.0 Å². The van der Waals surface area contributed by atoms with Crippen molar-refractivity contribution in [2.75, 3.05) is 6.61 Å². The Hall–Kier alpha value is -0.980. The molecule has 2 heterocycles. The molecule has 1 aromatic rings. The van der Waals surface area contributed by atoms with E-state index < -0.39 is 0 Å². The first-order valence-electron chi connectivity index (χ1n) is 6.31. The molecule has 2 atom stereocenters. The summed E-state index contributed by atoms with van der Waals surface area (Å²) in [5, 5.41) is 8.04. The number of rotatable bonds is 6. The van der Waals surface area contributed by atoms with Crippen molar-refractivity contribution in [3.05, 3.63) is 11.9 Å². The van der Waals surface area contributed by atoms with E-state index in [9.17, 15) is 0 Å². The van der Waals surface area contributed by atoms with Crippen LogP contribution in [-0.2, 0) is 11.3 Å². The third-order valence-corrected chi connectivity index (χ3v) is 3.16. The quantitative estimate of drug-likeness (QED) is 0.566. The van der Waals surface area contributed by atoms with Crippen molar-refractivity contribution in [3.8, 4) is 0 Å². The van der Waals surface area contributed by atoms with Crippen LogP contribution in [-0.4, -0.2) is 27.7 Å². The van der Waals surface area contributed by atoms with Gasteiger partial charge in [0, 0.05) is 13.2 Å². The maximum absolute atomic E-state index is 5.64. The van der Waals surface area contributed by atoms with Gasteiger partial charge in [-0.25, -0.2) is 4.68 Å². The van der Waals surface area contributed by atoms with Gasteiger partial charge in [-0.2, -0.15) is 0 Å². The fraction of sp³-hybridized carbons (Fsp3) is 0.818. The SMILES string of the molecule is CCCn1nncc1C(CC1CCCO1)NN. The molecule has 6 nitrogen and oxygen atoms in total. The van der Waals surface area contributed by atoms with Crippen LogP contribution in [0.15, 0.2) is 6.20 Å². The molecule has 1 aliphatic rings. The first-order chi connectivity index (χ1) is 8.35. The average Bonchev–Trinajstić information content (AvgIpc) is 2.97. The molecule has 6 heteroatoms. The van der Waals surface area contributed by atoms with E-state index in [2.05, 4.69) is 22.7 Å². The summed E-state index contributed by atoms with van der Waals surface area (Å²) in [6.07, 6.45) is 6.28. The molecule has 0 aliphatic carbocycles. The van der Waals surface area contributed by atoms with Gasteiger partial charge in [-0.15, -0.1) is 5.10 Å². The molecule has 1 aromatic heterocycles. The Labute approximate surface area is 101 Å². The molecule has 0 radical (unpaired) electrons. The van der Waals surface area contributed by atoms with Gasteiger partial charge >= 0.3 is 0 Å². The summed E-state index contributed by atoms with van der Waals surface area (Å²) in [6, 6.07) is 0.0691. The Balaban J connectivity index is 2.02. The summed E-state index contributed by atoms with van der Waals surface area (Å²) in [6.45, 7) is 3.86. The molecule has 2 unspecified atom stereocenters. The number of aryl methyl sites for hydroxylation is 1. The highest BCUT2D eigenvalue weighted by molar-refractivity contribution is 5.02. The maximum atomic E-state index is 5.64. The molecular weight excluding hydrogens is 218 g/mol. The third kappa shape index (κ3) is 3.02. The van der Waals surface area contributed by atoms with Crippen molar-refractivity contribution < 1.29 is 4.74 Å². The summed E-state index contributed by atoms with van der Waals surface area (Å²) in [5.74, 6) is 5.63. The summed E-state index contributed by atoms with van der Waals surface area (Å²) in [4.78, 5) is 0. The fourth-order valence-electron chi connectivity index (χ4n) is 2.29. The van der Waals surface area contributed by atoms with Crippen molar-refractivity contribution >= 4 is 0 Å². The highest BCUT2D eigenvalue weighted by Crippen LogP contribution is 2.24. The number of ether oxygens (including phenoxy) is 1. The molecule has 1 saturated heterocycles. The van der Waals surface area contributed by atoms with E-state index >= 15 is 0 Å². The number of nitrogens with zero attached hydrogens (tertiary/aromatic N) is 3. The zero-order valence-corrected chi connectivity index (χ0v) is 10.3. The molecule has 2 rings (SSSR count). The lowest BCUT2D eigenvalue weighted by Crippen LogP contribution is -2.32. The molecule has 3 N–H and O–H groups in total. The Morgan fingerprint density at radius 1 is 1.71 bits per heavy atom. The van der Waals surface area contributed by atoms with E-state index in [0.29, 0.717) is 6.10 Å². The molecule has 0 bridgehead atoms. The first kappa shape index (κ1) is 12.5. The van der Waals surface area contributed by atoms with Crippen LogP contribution >= 0.6 is 0 Å². The van der Waals surface area contributed by atoms with Gasteiger partial charge in [0.2, 0.25) is 0 Å². The molecule has 0 amide bonds. The second-order valence-electron chi connectivity index (χ2n) is 4.47. The van der Waals surface area contributed by atoms with Gasteiger partial charge in [-0.05, 0) is 25.7 Å². The molecule has 96 valence electrons. The van der Waals surface area contributed by atoms with Crippen LogP contribution in [0.2, 0.25) is 0 Å². The predicted molar refractivity (Wildman–Crippen MR) is 64.0 cm³/mol. The van der Waals surface area contributed by atoms with Crippen LogP contribution in [0.25, 0.3) is 0 Å². The van der Waals surface area contributed by atoms with Crippen LogP contribution < -0.4 is 11.3 Å². The van der Waals surface area contributed by atoms with Crippen molar-refractivity contribution in [2.24, 2.45) is 5.84 Å². The number of hydrogen-bond acceptors (Lipinski definition) is 5. The Bertz CT molecular complexity index is 334. The third-order valence-electron chi connectivity index (χ3n) is 3.16.